The Hall–Kier alpha value is -6.80. The maximum atomic E-state index is 6.39. The van der Waals surface area contributed by atoms with E-state index >= 15 is 0 Å². The summed E-state index contributed by atoms with van der Waals surface area (Å²) in [6.45, 7) is 18.7. The Labute approximate surface area is 406 Å². The summed E-state index contributed by atoms with van der Waals surface area (Å²) >= 11 is 3.86. The first-order valence-corrected chi connectivity index (χ1v) is 25.5. The third-order valence-electron chi connectivity index (χ3n) is 14.4. The van der Waals surface area contributed by atoms with Gasteiger partial charge in [0, 0.05) is 54.0 Å². The average Bonchev–Trinajstić information content (AvgIpc) is 4.13. The molecule has 2 aliphatic rings. The summed E-state index contributed by atoms with van der Waals surface area (Å²) < 4.78 is 15.4. The third kappa shape index (κ3) is 6.39. The highest BCUT2D eigenvalue weighted by Crippen LogP contribution is 2.52. The highest BCUT2D eigenvalue weighted by molar-refractivity contribution is 7.29. The number of furan rings is 2. The first-order valence-electron chi connectivity index (χ1n) is 23.9. The Bertz CT molecular complexity index is 3510. The quantitative estimate of drug-likeness (QED) is 0.161. The number of hydrogen-bond donors (Lipinski definition) is 0. The van der Waals surface area contributed by atoms with Crippen LogP contribution < -0.4 is 26.2 Å². The number of rotatable bonds is 5. The van der Waals surface area contributed by atoms with Gasteiger partial charge in [-0.25, -0.2) is 0 Å². The van der Waals surface area contributed by atoms with Crippen LogP contribution in [0.1, 0.15) is 78.0 Å². The molecular formula is C61H51BN2O2S2. The Morgan fingerprint density at radius 2 is 0.897 bits per heavy atom. The van der Waals surface area contributed by atoms with Crippen LogP contribution in [0.3, 0.4) is 0 Å². The van der Waals surface area contributed by atoms with Crippen LogP contribution >= 0.6 is 22.7 Å². The van der Waals surface area contributed by atoms with Gasteiger partial charge in [-0.15, -0.1) is 22.7 Å². The summed E-state index contributed by atoms with van der Waals surface area (Å²) in [5.41, 5.74) is 16.8. The molecule has 0 bridgehead atoms. The molecule has 7 heteroatoms. The molecule has 0 spiro atoms. The molecule has 0 radical (unpaired) electrons. The largest absolute Gasteiger partial charge is 0.456 e. The van der Waals surface area contributed by atoms with Crippen LogP contribution in [0, 0.1) is 0 Å². The fourth-order valence-corrected chi connectivity index (χ4v) is 13.1. The van der Waals surface area contributed by atoms with Crippen LogP contribution in [-0.2, 0) is 10.8 Å². The van der Waals surface area contributed by atoms with Crippen molar-refractivity contribution in [2.45, 2.75) is 72.1 Å². The molecule has 4 nitrogen and oxygen atoms in total. The van der Waals surface area contributed by atoms with Gasteiger partial charge >= 0.3 is 0 Å². The van der Waals surface area contributed by atoms with Crippen molar-refractivity contribution in [3.8, 4) is 22.6 Å². The van der Waals surface area contributed by atoms with Crippen LogP contribution in [0.25, 0.3) is 64.8 Å². The Kier molecular flexibility index (Phi) is 9.04. The molecule has 68 heavy (non-hydrogen) atoms. The summed E-state index contributed by atoms with van der Waals surface area (Å²) in [7, 11) is 0. The van der Waals surface area contributed by atoms with E-state index in [1.807, 2.05) is 46.9 Å². The predicted molar refractivity (Wildman–Crippen MR) is 293 cm³/mol. The highest BCUT2D eigenvalue weighted by atomic mass is 32.1. The fourth-order valence-electron chi connectivity index (χ4n) is 10.6. The fraction of sp³-hybridized carbons (Fsp3) is 0.180. The van der Waals surface area contributed by atoms with Crippen molar-refractivity contribution in [3.63, 3.8) is 0 Å². The zero-order valence-corrected chi connectivity index (χ0v) is 41.3. The molecule has 0 aliphatic carbocycles. The molecule has 6 heterocycles. The summed E-state index contributed by atoms with van der Waals surface area (Å²) in [4.78, 5) is 5.17. The summed E-state index contributed by atoms with van der Waals surface area (Å²) in [5.74, 6) is 2.05. The lowest BCUT2D eigenvalue weighted by molar-refractivity contribution is 0.591. The van der Waals surface area contributed by atoms with Crippen molar-refractivity contribution in [3.05, 3.63) is 174 Å². The van der Waals surface area contributed by atoms with E-state index in [0.717, 1.165) is 56.0 Å². The van der Waals surface area contributed by atoms with Crippen molar-refractivity contribution >= 4 is 121 Å². The van der Waals surface area contributed by atoms with Gasteiger partial charge < -0.3 is 18.6 Å². The lowest BCUT2D eigenvalue weighted by atomic mass is 9.33. The van der Waals surface area contributed by atoms with Crippen LogP contribution in [0.2, 0.25) is 0 Å². The molecule has 7 aromatic carbocycles. The molecule has 13 rings (SSSR count). The average molecular weight is 919 g/mol. The monoisotopic (exact) mass is 918 g/mol. The summed E-state index contributed by atoms with van der Waals surface area (Å²) in [6, 6.07) is 58.4. The molecular weight excluding hydrogens is 868 g/mol. The first kappa shape index (κ1) is 41.4. The zero-order valence-electron chi connectivity index (χ0n) is 39.7. The summed E-state index contributed by atoms with van der Waals surface area (Å²) in [5, 5.41) is 7.48. The number of hydrogen-bond acceptors (Lipinski definition) is 6. The molecule has 332 valence electrons. The normalized spacial score (nSPS) is 13.6. The maximum absolute atomic E-state index is 6.39. The first-order chi connectivity index (χ1) is 32.8. The van der Waals surface area contributed by atoms with Gasteiger partial charge in [-0.3, -0.25) is 0 Å². The third-order valence-corrected chi connectivity index (χ3v) is 16.7. The topological polar surface area (TPSA) is 32.8 Å². The van der Waals surface area contributed by atoms with Crippen molar-refractivity contribution in [2.75, 3.05) is 9.80 Å². The van der Waals surface area contributed by atoms with Gasteiger partial charge in [0.15, 0.2) is 0 Å². The van der Waals surface area contributed by atoms with Gasteiger partial charge in [0.1, 0.15) is 22.7 Å². The molecule has 0 fully saturated rings. The van der Waals surface area contributed by atoms with E-state index < -0.39 is 0 Å². The molecule has 0 saturated carbocycles. The number of benzene rings is 7. The van der Waals surface area contributed by atoms with Gasteiger partial charge in [-0.2, -0.15) is 0 Å². The van der Waals surface area contributed by atoms with E-state index in [2.05, 4.69) is 199 Å². The lowest BCUT2D eigenvalue weighted by Crippen LogP contribution is -2.60. The molecule has 2 aliphatic heterocycles. The minimum absolute atomic E-state index is 0.00343. The lowest BCUT2D eigenvalue weighted by Gasteiger charge is -2.42. The van der Waals surface area contributed by atoms with Gasteiger partial charge in [-0.05, 0) is 158 Å². The predicted octanol–water partition coefficient (Wildman–Crippen LogP) is 16.7. The van der Waals surface area contributed by atoms with E-state index in [4.69, 9.17) is 8.83 Å². The van der Waals surface area contributed by atoms with Crippen LogP contribution in [0.5, 0.6) is 0 Å². The second-order valence-corrected chi connectivity index (χ2v) is 23.2. The van der Waals surface area contributed by atoms with E-state index in [1.165, 1.54) is 74.6 Å². The van der Waals surface area contributed by atoms with Crippen LogP contribution in [0.4, 0.5) is 32.8 Å². The number of para-hydroxylation sites is 2. The van der Waals surface area contributed by atoms with E-state index in [1.54, 1.807) is 0 Å². The second kappa shape index (κ2) is 14.9. The minimum atomic E-state index is -0.0151. The van der Waals surface area contributed by atoms with E-state index in [-0.39, 0.29) is 17.5 Å². The second-order valence-electron chi connectivity index (χ2n) is 21.2. The number of thiophene rings is 2. The molecule has 11 aromatic rings. The van der Waals surface area contributed by atoms with Crippen molar-refractivity contribution in [1.29, 1.82) is 0 Å². The number of nitrogens with zero attached hydrogens (tertiary/aromatic N) is 2. The van der Waals surface area contributed by atoms with E-state index in [0.29, 0.717) is 5.92 Å². The molecule has 0 saturated heterocycles. The molecule has 4 aromatic heterocycles. The van der Waals surface area contributed by atoms with Crippen molar-refractivity contribution < 1.29 is 8.83 Å². The smallest absolute Gasteiger partial charge is 0.256 e. The molecule has 0 unspecified atom stereocenters. The maximum Gasteiger partial charge on any atom is 0.256 e. The van der Waals surface area contributed by atoms with Crippen molar-refractivity contribution in [2.24, 2.45) is 0 Å². The Morgan fingerprint density at radius 3 is 1.29 bits per heavy atom. The van der Waals surface area contributed by atoms with Crippen LogP contribution in [-0.4, -0.2) is 6.71 Å². The van der Waals surface area contributed by atoms with Gasteiger partial charge in [0.2, 0.25) is 0 Å². The van der Waals surface area contributed by atoms with Gasteiger partial charge in [0.25, 0.3) is 6.71 Å². The molecule has 0 amide bonds. The summed E-state index contributed by atoms with van der Waals surface area (Å²) in [6.07, 6.45) is 0. The van der Waals surface area contributed by atoms with Gasteiger partial charge in [-0.1, -0.05) is 116 Å². The minimum Gasteiger partial charge on any atom is -0.456 e. The molecule has 0 N–H and O–H groups in total. The SMILES string of the molecule is CC(C)c1cc2c3c(c1)N(c1ccc(-c4cc5ccccc5o4)cc1)c1sc4ccc(C(C)(C)C)cc4c1B3c1c(sc3ccc(C(C)(C)C)cc13)N2c1ccc(-c2cc3ccccc3o2)cc1. The molecule has 0 atom stereocenters. The Balaban J connectivity index is 1.09. The number of anilines is 6. The highest BCUT2D eigenvalue weighted by Gasteiger charge is 2.47. The van der Waals surface area contributed by atoms with Gasteiger partial charge in [0.05, 0.1) is 10.0 Å². The standard InChI is InChI=1S/C61H51BN2O2S2/c1-35(2)40-29-47-57-48(30-40)64(44-25-19-37(20-26-44)52-32-39-14-10-12-16-50(39)66-52)59-56(46-34-42(61(6,7)8)22-28-54(46)68-59)62(57)55-45-33-41(60(3,4)5)21-27-53(45)67-58(55)63(47)43-23-17-36(18-24-43)51-31-38-13-9-11-15-49(38)65-51/h9-35H,1-8H3. The van der Waals surface area contributed by atoms with E-state index in [9.17, 15) is 0 Å². The Morgan fingerprint density at radius 1 is 0.471 bits per heavy atom. The van der Waals surface area contributed by atoms with Crippen molar-refractivity contribution in [1.82, 2.24) is 0 Å². The zero-order chi connectivity index (χ0) is 46.4. The van der Waals surface area contributed by atoms with Crippen LogP contribution in [0.15, 0.2) is 167 Å². The number of fused-ring (bicyclic) bond motifs is 10.